The van der Waals surface area contributed by atoms with E-state index in [1.807, 2.05) is 0 Å². The second-order valence-electron chi connectivity index (χ2n) is 3.52. The van der Waals surface area contributed by atoms with Crippen molar-refractivity contribution in [2.24, 2.45) is 0 Å². The minimum absolute atomic E-state index is 0.149. The Morgan fingerprint density at radius 3 is 2.82 bits per heavy atom. The van der Waals surface area contributed by atoms with Crippen molar-refractivity contribution in [3.8, 4) is 0 Å². The lowest BCUT2D eigenvalue weighted by Gasteiger charge is -2.05. The van der Waals surface area contributed by atoms with Gasteiger partial charge in [-0.05, 0) is 40.5 Å². The Labute approximate surface area is 117 Å². The number of hydrogen-bond donors (Lipinski definition) is 1. The van der Waals surface area contributed by atoms with Crippen molar-refractivity contribution in [2.75, 3.05) is 18.6 Å². The molecule has 1 unspecified atom stereocenters. The van der Waals surface area contributed by atoms with Crippen molar-refractivity contribution in [3.05, 3.63) is 33.3 Å². The molecule has 3 nitrogen and oxygen atoms in total. The number of carbonyl (C=O) groups excluding carboxylic acids is 1. The second-order valence-corrected chi connectivity index (χ2v) is 6.33. The molecule has 0 fully saturated rings. The van der Waals surface area contributed by atoms with Gasteiger partial charge in [0.15, 0.2) is 0 Å². The summed E-state index contributed by atoms with van der Waals surface area (Å²) in [5, 5.41) is 3.34. The fourth-order valence-electron chi connectivity index (χ4n) is 1.22. The van der Waals surface area contributed by atoms with E-state index in [4.69, 9.17) is 11.6 Å². The SMILES string of the molecule is CS(=O)CCCNC(=O)c1ccc(Cl)c(Br)c1. The fraction of sp³-hybridized carbons (Fsp3) is 0.364. The smallest absolute Gasteiger partial charge is 0.251 e. The Morgan fingerprint density at radius 1 is 1.53 bits per heavy atom. The predicted octanol–water partition coefficient (Wildman–Crippen LogP) is 2.60. The first-order valence-electron chi connectivity index (χ1n) is 5.04. The molecule has 0 aliphatic carbocycles. The number of nitrogens with one attached hydrogen (secondary N) is 1. The lowest BCUT2D eigenvalue weighted by molar-refractivity contribution is 0.0953. The van der Waals surface area contributed by atoms with Gasteiger partial charge in [0.1, 0.15) is 0 Å². The molecule has 0 radical (unpaired) electrons. The van der Waals surface area contributed by atoms with Gasteiger partial charge in [-0.2, -0.15) is 0 Å². The highest BCUT2D eigenvalue weighted by molar-refractivity contribution is 9.10. The average molecular weight is 339 g/mol. The Kier molecular flexibility index (Phi) is 6.16. The van der Waals surface area contributed by atoms with Gasteiger partial charge in [0.25, 0.3) is 5.91 Å². The Balaban J connectivity index is 2.47. The summed E-state index contributed by atoms with van der Waals surface area (Å²) in [6, 6.07) is 5.01. The molecule has 0 spiro atoms. The minimum Gasteiger partial charge on any atom is -0.352 e. The Morgan fingerprint density at radius 2 is 2.24 bits per heavy atom. The van der Waals surface area contributed by atoms with Gasteiger partial charge in [0.2, 0.25) is 0 Å². The number of halogens is 2. The zero-order valence-corrected chi connectivity index (χ0v) is 12.5. The van der Waals surface area contributed by atoms with E-state index in [9.17, 15) is 9.00 Å². The van der Waals surface area contributed by atoms with Crippen molar-refractivity contribution in [2.45, 2.75) is 6.42 Å². The monoisotopic (exact) mass is 337 g/mol. The first kappa shape index (κ1) is 14.7. The topological polar surface area (TPSA) is 46.2 Å². The van der Waals surface area contributed by atoms with Crippen molar-refractivity contribution in [1.82, 2.24) is 5.32 Å². The van der Waals surface area contributed by atoms with Gasteiger partial charge < -0.3 is 5.32 Å². The predicted molar refractivity (Wildman–Crippen MR) is 75.0 cm³/mol. The average Bonchev–Trinajstić information content (AvgIpc) is 2.27. The van der Waals surface area contributed by atoms with Crippen LogP contribution >= 0.6 is 27.5 Å². The van der Waals surface area contributed by atoms with Crippen molar-refractivity contribution in [1.29, 1.82) is 0 Å². The highest BCUT2D eigenvalue weighted by atomic mass is 79.9. The van der Waals surface area contributed by atoms with Crippen LogP contribution in [0, 0.1) is 0 Å². The van der Waals surface area contributed by atoms with Crippen molar-refractivity contribution >= 4 is 44.2 Å². The van der Waals surface area contributed by atoms with Crippen LogP contribution in [0.25, 0.3) is 0 Å². The molecule has 0 aliphatic rings. The van der Waals surface area contributed by atoms with E-state index in [1.54, 1.807) is 24.5 Å². The Hall–Kier alpha value is -0.390. The van der Waals surface area contributed by atoms with Crippen molar-refractivity contribution < 1.29 is 9.00 Å². The van der Waals surface area contributed by atoms with Gasteiger partial charge >= 0.3 is 0 Å². The molecule has 94 valence electrons. The van der Waals surface area contributed by atoms with Gasteiger partial charge in [-0.3, -0.25) is 9.00 Å². The first-order chi connectivity index (χ1) is 8.00. The van der Waals surface area contributed by atoms with E-state index < -0.39 is 10.8 Å². The maximum Gasteiger partial charge on any atom is 0.251 e. The number of benzene rings is 1. The van der Waals surface area contributed by atoms with Gasteiger partial charge in [-0.25, -0.2) is 0 Å². The van der Waals surface area contributed by atoms with E-state index >= 15 is 0 Å². The molecule has 1 aromatic carbocycles. The molecule has 1 atom stereocenters. The molecule has 6 heteroatoms. The summed E-state index contributed by atoms with van der Waals surface area (Å²) in [4.78, 5) is 11.7. The largest absolute Gasteiger partial charge is 0.352 e. The molecule has 0 saturated heterocycles. The molecule has 1 amide bonds. The third-order valence-corrected chi connectivity index (χ3v) is 4.15. The molecule has 17 heavy (non-hydrogen) atoms. The summed E-state index contributed by atoms with van der Waals surface area (Å²) in [5.74, 6) is 0.453. The maximum absolute atomic E-state index is 11.7. The second kappa shape index (κ2) is 7.13. The van der Waals surface area contributed by atoms with Crippen molar-refractivity contribution in [3.63, 3.8) is 0 Å². The van der Waals surface area contributed by atoms with Gasteiger partial charge in [-0.1, -0.05) is 11.6 Å². The van der Waals surface area contributed by atoms with Crippen LogP contribution in [0.4, 0.5) is 0 Å². The third-order valence-electron chi connectivity index (χ3n) is 2.08. The molecular weight excluding hydrogens is 326 g/mol. The molecule has 0 aliphatic heterocycles. The summed E-state index contributed by atoms with van der Waals surface area (Å²) in [6.45, 7) is 0.526. The third kappa shape index (κ3) is 5.19. The van der Waals surface area contributed by atoms with E-state index in [-0.39, 0.29) is 5.91 Å². The van der Waals surface area contributed by atoms with E-state index in [0.717, 1.165) is 0 Å². The van der Waals surface area contributed by atoms with Gasteiger partial charge in [0, 0.05) is 39.4 Å². The molecular formula is C11H13BrClNO2S. The number of carbonyl (C=O) groups is 1. The highest BCUT2D eigenvalue weighted by Gasteiger charge is 2.07. The van der Waals surface area contributed by atoms with Crippen LogP contribution in [0.2, 0.25) is 5.02 Å². The molecule has 0 bridgehead atoms. The minimum atomic E-state index is -0.808. The van der Waals surface area contributed by atoms with Crippen LogP contribution < -0.4 is 5.32 Å². The standard InChI is InChI=1S/C11H13BrClNO2S/c1-17(16)6-2-5-14-11(15)8-3-4-10(13)9(12)7-8/h3-4,7H,2,5-6H2,1H3,(H,14,15). The molecule has 1 aromatic rings. The van der Waals surface area contributed by atoms with Crippen LogP contribution in [-0.2, 0) is 10.8 Å². The summed E-state index contributed by atoms with van der Waals surface area (Å²) in [6.07, 6.45) is 2.36. The van der Waals surface area contributed by atoms with Gasteiger partial charge in [0.05, 0.1) is 5.02 Å². The summed E-state index contributed by atoms with van der Waals surface area (Å²) >= 11 is 9.10. The van der Waals surface area contributed by atoms with Gasteiger partial charge in [-0.15, -0.1) is 0 Å². The highest BCUT2D eigenvalue weighted by Crippen LogP contribution is 2.23. The normalized spacial score (nSPS) is 12.2. The molecule has 0 aromatic heterocycles. The maximum atomic E-state index is 11.7. The summed E-state index contributed by atoms with van der Waals surface area (Å²) < 4.78 is 11.5. The molecule has 1 N–H and O–H groups in total. The number of hydrogen-bond acceptors (Lipinski definition) is 2. The molecule has 1 rings (SSSR count). The lowest BCUT2D eigenvalue weighted by Crippen LogP contribution is -2.25. The van der Waals surface area contributed by atoms with Crippen LogP contribution in [0.15, 0.2) is 22.7 Å². The fourth-order valence-corrected chi connectivity index (χ4v) is 2.26. The van der Waals surface area contributed by atoms with Crippen LogP contribution in [0.3, 0.4) is 0 Å². The summed E-state index contributed by atoms with van der Waals surface area (Å²) in [5.41, 5.74) is 0.555. The van der Waals surface area contributed by atoms with Crippen LogP contribution in [-0.4, -0.2) is 28.7 Å². The zero-order chi connectivity index (χ0) is 12.8. The van der Waals surface area contributed by atoms with E-state index in [0.29, 0.717) is 33.8 Å². The van der Waals surface area contributed by atoms with E-state index in [1.165, 1.54) is 0 Å². The number of amides is 1. The molecule has 0 saturated carbocycles. The first-order valence-corrected chi connectivity index (χ1v) is 7.94. The lowest BCUT2D eigenvalue weighted by atomic mass is 10.2. The molecule has 0 heterocycles. The van der Waals surface area contributed by atoms with E-state index in [2.05, 4.69) is 21.2 Å². The number of rotatable bonds is 5. The van der Waals surface area contributed by atoms with Crippen LogP contribution in [0.5, 0.6) is 0 Å². The van der Waals surface area contributed by atoms with Crippen LogP contribution in [0.1, 0.15) is 16.8 Å². The quantitative estimate of drug-likeness (QED) is 0.839. The Bertz CT molecular complexity index is 439. The zero-order valence-electron chi connectivity index (χ0n) is 9.33. The summed E-state index contributed by atoms with van der Waals surface area (Å²) in [7, 11) is -0.808.